The van der Waals surface area contributed by atoms with Crippen LogP contribution in [-0.4, -0.2) is 45.7 Å². The minimum Gasteiger partial charge on any atom is -0.463 e. The van der Waals surface area contributed by atoms with Crippen molar-refractivity contribution in [3.63, 3.8) is 0 Å². The molecule has 1 unspecified atom stereocenters. The van der Waals surface area contributed by atoms with Gasteiger partial charge in [0.05, 0.1) is 24.4 Å². The first kappa shape index (κ1) is 26.6. The Balaban J connectivity index is 1.67. The molecule has 1 saturated carbocycles. The Kier molecular flexibility index (Phi) is 12.0. The van der Waals surface area contributed by atoms with Gasteiger partial charge in [-0.15, -0.1) is 0 Å². The first-order valence-electron chi connectivity index (χ1n) is 12.3. The molecule has 0 amide bonds. The van der Waals surface area contributed by atoms with E-state index in [1.54, 1.807) is 0 Å². The third-order valence-corrected chi connectivity index (χ3v) is 6.42. The van der Waals surface area contributed by atoms with Gasteiger partial charge in [-0.25, -0.2) is 0 Å². The zero-order chi connectivity index (χ0) is 23.3. The zero-order valence-electron chi connectivity index (χ0n) is 19.7. The molecule has 0 saturated heterocycles. The van der Waals surface area contributed by atoms with Crippen LogP contribution < -0.4 is 0 Å². The quantitative estimate of drug-likeness (QED) is 0.221. The Bertz CT molecular complexity index is 672. The lowest BCUT2D eigenvalue weighted by Gasteiger charge is -2.24. The van der Waals surface area contributed by atoms with Gasteiger partial charge in [-0.1, -0.05) is 42.5 Å². The van der Waals surface area contributed by atoms with E-state index in [0.29, 0.717) is 25.7 Å². The highest BCUT2D eigenvalue weighted by Crippen LogP contribution is 2.39. The number of hydrogen-bond acceptors (Lipinski definition) is 5. The number of aliphatic hydroxyl groups excluding tert-OH is 3. The van der Waals surface area contributed by atoms with E-state index in [9.17, 15) is 20.1 Å². The molecule has 0 aromatic heterocycles. The van der Waals surface area contributed by atoms with Crippen molar-refractivity contribution in [1.82, 2.24) is 0 Å². The van der Waals surface area contributed by atoms with E-state index in [0.717, 1.165) is 38.5 Å². The highest BCUT2D eigenvalue weighted by molar-refractivity contribution is 5.69. The second kappa shape index (κ2) is 14.5. The second-order valence-electron chi connectivity index (χ2n) is 9.43. The Hall–Kier alpha value is -1.69. The number of aryl methyl sites for hydroxylation is 1. The molecule has 2 rings (SSSR count). The third-order valence-electron chi connectivity index (χ3n) is 6.42. The molecule has 1 aromatic carbocycles. The van der Waals surface area contributed by atoms with Crippen LogP contribution in [0.5, 0.6) is 0 Å². The van der Waals surface area contributed by atoms with E-state index in [1.807, 2.05) is 32.0 Å². The van der Waals surface area contributed by atoms with Gasteiger partial charge >= 0.3 is 5.97 Å². The summed E-state index contributed by atoms with van der Waals surface area (Å²) in [6.07, 6.45) is 9.87. The molecule has 0 aliphatic heterocycles. The van der Waals surface area contributed by atoms with Crippen LogP contribution in [0.3, 0.4) is 0 Å². The van der Waals surface area contributed by atoms with Gasteiger partial charge in [0.25, 0.3) is 0 Å². The number of hydrogen-bond donors (Lipinski definition) is 3. The maximum absolute atomic E-state index is 11.5. The van der Waals surface area contributed by atoms with Gasteiger partial charge in [-0.2, -0.15) is 0 Å². The topological polar surface area (TPSA) is 87.0 Å². The molecule has 1 aromatic rings. The maximum Gasteiger partial charge on any atom is 0.306 e. The molecular weight excluding hydrogens is 404 g/mol. The number of esters is 1. The molecule has 1 aliphatic rings. The van der Waals surface area contributed by atoms with Crippen LogP contribution in [0, 0.1) is 11.8 Å². The molecule has 0 radical (unpaired) electrons. The van der Waals surface area contributed by atoms with Crippen molar-refractivity contribution in [2.45, 2.75) is 102 Å². The second-order valence-corrected chi connectivity index (χ2v) is 9.43. The Morgan fingerprint density at radius 2 is 1.69 bits per heavy atom. The van der Waals surface area contributed by atoms with Crippen molar-refractivity contribution in [2.75, 3.05) is 0 Å². The molecule has 1 aliphatic carbocycles. The van der Waals surface area contributed by atoms with Gasteiger partial charge in [-0.05, 0) is 89.0 Å². The highest BCUT2D eigenvalue weighted by atomic mass is 16.5. The fourth-order valence-electron chi connectivity index (χ4n) is 4.70. The van der Waals surface area contributed by atoms with Crippen LogP contribution in [0.1, 0.15) is 77.2 Å². The molecule has 32 heavy (non-hydrogen) atoms. The summed E-state index contributed by atoms with van der Waals surface area (Å²) in [6, 6.07) is 10.2. The largest absolute Gasteiger partial charge is 0.463 e. The smallest absolute Gasteiger partial charge is 0.306 e. The van der Waals surface area contributed by atoms with E-state index >= 15 is 0 Å². The number of allylic oxidation sites excluding steroid dienone is 2. The van der Waals surface area contributed by atoms with Crippen LogP contribution in [0.4, 0.5) is 0 Å². The van der Waals surface area contributed by atoms with E-state index in [1.165, 1.54) is 5.56 Å². The van der Waals surface area contributed by atoms with E-state index < -0.39 is 12.2 Å². The van der Waals surface area contributed by atoms with Gasteiger partial charge in [0.15, 0.2) is 0 Å². The van der Waals surface area contributed by atoms with Crippen molar-refractivity contribution in [1.29, 1.82) is 0 Å². The lowest BCUT2D eigenvalue weighted by molar-refractivity contribution is -0.147. The molecule has 0 spiro atoms. The summed E-state index contributed by atoms with van der Waals surface area (Å²) in [5, 5.41) is 31.3. The number of ether oxygens (including phenoxy) is 1. The molecule has 180 valence electrons. The van der Waals surface area contributed by atoms with E-state index in [4.69, 9.17) is 4.74 Å². The standard InChI is InChI=1S/C27H42O5/c1-20(2)32-27(31)14-10-5-3-4-9-13-23-24(26(30)19-25(23)29)18-17-22(28)16-15-21-11-7-6-8-12-21/h3-4,6-8,11-12,20,22-26,28-30H,5,9-10,13-19H2,1-2H3/b4-3-/t22-,23?,24+,25-,26+/m0/s1. The summed E-state index contributed by atoms with van der Waals surface area (Å²) < 4.78 is 5.12. The predicted octanol–water partition coefficient (Wildman–Crippen LogP) is 4.58. The SMILES string of the molecule is CC(C)OC(=O)CCC/C=C\CCC1[C@@H](CC[C@@H](O)CCc2ccccc2)[C@H](O)C[C@@H]1O. The lowest BCUT2D eigenvalue weighted by Crippen LogP contribution is -2.24. The minimum absolute atomic E-state index is 0.0376. The zero-order valence-corrected chi connectivity index (χ0v) is 19.7. The van der Waals surface area contributed by atoms with Crippen LogP contribution in [-0.2, 0) is 16.0 Å². The first-order valence-corrected chi connectivity index (χ1v) is 12.3. The molecule has 3 N–H and O–H groups in total. The van der Waals surface area contributed by atoms with Crippen LogP contribution in [0.2, 0.25) is 0 Å². The molecular formula is C27H42O5. The molecule has 5 heteroatoms. The molecule has 5 atom stereocenters. The summed E-state index contributed by atoms with van der Waals surface area (Å²) in [6.45, 7) is 3.70. The Morgan fingerprint density at radius 3 is 2.38 bits per heavy atom. The van der Waals surface area contributed by atoms with Crippen molar-refractivity contribution in [3.05, 3.63) is 48.0 Å². The van der Waals surface area contributed by atoms with Gasteiger partial charge in [-0.3, -0.25) is 4.79 Å². The van der Waals surface area contributed by atoms with Crippen LogP contribution in [0.25, 0.3) is 0 Å². The van der Waals surface area contributed by atoms with Crippen molar-refractivity contribution < 1.29 is 24.9 Å². The Morgan fingerprint density at radius 1 is 1.03 bits per heavy atom. The fraction of sp³-hybridized carbons (Fsp3) is 0.667. The number of benzene rings is 1. The monoisotopic (exact) mass is 446 g/mol. The number of aliphatic hydroxyl groups is 3. The average molecular weight is 447 g/mol. The normalized spacial score (nSPS) is 24.3. The lowest BCUT2D eigenvalue weighted by atomic mass is 9.85. The van der Waals surface area contributed by atoms with Crippen LogP contribution in [0.15, 0.2) is 42.5 Å². The maximum atomic E-state index is 11.5. The van der Waals surface area contributed by atoms with E-state index in [2.05, 4.69) is 24.3 Å². The van der Waals surface area contributed by atoms with E-state index in [-0.39, 0.29) is 30.0 Å². The average Bonchev–Trinajstić information content (AvgIpc) is 3.02. The molecule has 5 nitrogen and oxygen atoms in total. The van der Waals surface area contributed by atoms with Gasteiger partial charge in [0.1, 0.15) is 0 Å². The molecule has 0 heterocycles. The summed E-state index contributed by atoms with van der Waals surface area (Å²) in [4.78, 5) is 11.5. The highest BCUT2D eigenvalue weighted by Gasteiger charge is 2.40. The van der Waals surface area contributed by atoms with Gasteiger partial charge in [0, 0.05) is 6.42 Å². The van der Waals surface area contributed by atoms with Crippen LogP contribution >= 0.6 is 0 Å². The summed E-state index contributed by atoms with van der Waals surface area (Å²) >= 11 is 0. The summed E-state index contributed by atoms with van der Waals surface area (Å²) in [5.41, 5.74) is 1.23. The summed E-state index contributed by atoms with van der Waals surface area (Å²) in [7, 11) is 0. The number of carbonyl (C=O) groups excluding carboxylic acids is 1. The number of rotatable bonds is 14. The number of carbonyl (C=O) groups is 1. The minimum atomic E-state index is -0.493. The predicted molar refractivity (Wildman–Crippen MR) is 127 cm³/mol. The van der Waals surface area contributed by atoms with Crippen molar-refractivity contribution in [3.8, 4) is 0 Å². The molecule has 1 fully saturated rings. The Labute approximate surface area is 193 Å². The summed E-state index contributed by atoms with van der Waals surface area (Å²) in [5.74, 6) is -0.0437. The van der Waals surface area contributed by atoms with Gasteiger partial charge < -0.3 is 20.1 Å². The first-order chi connectivity index (χ1) is 15.4. The number of unbranched alkanes of at least 4 members (excludes halogenated alkanes) is 1. The fourth-order valence-corrected chi connectivity index (χ4v) is 4.70. The van der Waals surface area contributed by atoms with Gasteiger partial charge in [0.2, 0.25) is 0 Å². The van der Waals surface area contributed by atoms with Crippen molar-refractivity contribution >= 4 is 5.97 Å². The molecule has 0 bridgehead atoms. The third kappa shape index (κ3) is 9.85. The van der Waals surface area contributed by atoms with Crippen molar-refractivity contribution in [2.24, 2.45) is 11.8 Å².